The van der Waals surface area contributed by atoms with Gasteiger partial charge in [-0.1, -0.05) is 6.92 Å². The Morgan fingerprint density at radius 2 is 2.24 bits per heavy atom. The number of hydrogen-bond donors (Lipinski definition) is 1. The van der Waals surface area contributed by atoms with E-state index in [0.717, 1.165) is 25.2 Å². The third kappa shape index (κ3) is 3.71. The average Bonchev–Trinajstić information content (AvgIpc) is 3.06. The molecule has 3 nitrogen and oxygen atoms in total. The molecule has 0 fully saturated rings. The van der Waals surface area contributed by atoms with E-state index in [1.807, 2.05) is 11.3 Å². The van der Waals surface area contributed by atoms with Gasteiger partial charge in [0.05, 0.1) is 22.1 Å². The Kier molecular flexibility index (Phi) is 5.03. The maximum absolute atomic E-state index is 4.96. The zero-order valence-electron chi connectivity index (χ0n) is 12.8. The maximum Gasteiger partial charge on any atom is 0.0999 e. The normalized spacial score (nSPS) is 17.9. The van der Waals surface area contributed by atoms with Crippen LogP contribution >= 0.6 is 22.7 Å². The van der Waals surface area contributed by atoms with Crippen LogP contribution < -0.4 is 5.32 Å². The molecule has 3 rings (SSSR count). The van der Waals surface area contributed by atoms with Crippen LogP contribution in [0.4, 0.5) is 0 Å². The molecule has 5 heteroatoms. The van der Waals surface area contributed by atoms with Crippen LogP contribution in [-0.4, -0.2) is 23.1 Å². The first-order valence-electron chi connectivity index (χ1n) is 7.86. The highest BCUT2D eigenvalue weighted by Crippen LogP contribution is 2.35. The number of aromatic nitrogens is 2. The van der Waals surface area contributed by atoms with E-state index in [1.54, 1.807) is 11.3 Å². The number of fused-ring (bicyclic) bond motifs is 1. The van der Waals surface area contributed by atoms with E-state index in [2.05, 4.69) is 29.5 Å². The molecular formula is C16H23N3S2. The van der Waals surface area contributed by atoms with Gasteiger partial charge in [-0.15, -0.1) is 22.7 Å². The van der Waals surface area contributed by atoms with E-state index in [-0.39, 0.29) is 0 Å². The molecule has 0 bridgehead atoms. The van der Waals surface area contributed by atoms with Crippen LogP contribution in [-0.2, 0) is 12.8 Å². The lowest BCUT2D eigenvalue weighted by molar-refractivity contribution is 0.501. The summed E-state index contributed by atoms with van der Waals surface area (Å²) in [5.41, 5.74) is 2.50. The summed E-state index contributed by atoms with van der Waals surface area (Å²) in [4.78, 5) is 11.0. The van der Waals surface area contributed by atoms with Gasteiger partial charge in [0.25, 0.3) is 0 Å². The number of hydrogen-bond acceptors (Lipinski definition) is 5. The first-order valence-corrected chi connectivity index (χ1v) is 9.56. The van der Waals surface area contributed by atoms with Gasteiger partial charge in [-0.3, -0.25) is 0 Å². The molecule has 0 saturated carbocycles. The second-order valence-electron chi connectivity index (χ2n) is 5.77. The van der Waals surface area contributed by atoms with Gasteiger partial charge in [0.1, 0.15) is 0 Å². The van der Waals surface area contributed by atoms with Crippen LogP contribution in [0.15, 0.2) is 5.38 Å². The molecule has 0 amide bonds. The molecular weight excluding hydrogens is 298 g/mol. The van der Waals surface area contributed by atoms with Gasteiger partial charge in [-0.05, 0) is 39.2 Å². The molecule has 1 aliphatic carbocycles. The molecule has 0 radical (unpaired) electrons. The van der Waals surface area contributed by atoms with E-state index in [9.17, 15) is 0 Å². The van der Waals surface area contributed by atoms with Gasteiger partial charge in [0, 0.05) is 28.4 Å². The molecule has 2 heterocycles. The Hall–Kier alpha value is -0.780. The third-order valence-electron chi connectivity index (χ3n) is 3.90. The van der Waals surface area contributed by atoms with Crippen LogP contribution in [0.1, 0.15) is 58.4 Å². The fourth-order valence-electron chi connectivity index (χ4n) is 2.90. The molecule has 1 aliphatic rings. The van der Waals surface area contributed by atoms with E-state index < -0.39 is 0 Å². The van der Waals surface area contributed by atoms with Crippen LogP contribution in [0, 0.1) is 6.92 Å². The Bertz CT molecular complexity index is 588. The minimum Gasteiger partial charge on any atom is -0.316 e. The summed E-state index contributed by atoms with van der Waals surface area (Å²) in [6.07, 6.45) is 5.91. The highest BCUT2D eigenvalue weighted by molar-refractivity contribution is 7.12. The number of aryl methyl sites for hydroxylation is 2. The van der Waals surface area contributed by atoms with Crippen molar-refractivity contribution in [3.05, 3.63) is 31.7 Å². The Balaban J connectivity index is 1.71. The monoisotopic (exact) mass is 321 g/mol. The number of nitrogens with one attached hydrogen (secondary N) is 1. The standard InChI is InChI=1S/C16H23N3S2/c1-3-7-17-9-12-5-4-6-13-16(12)19-15(21-13)8-14-18-11(2)10-20-14/h10,12,17H,3-9H2,1-2H3. The van der Waals surface area contributed by atoms with Crippen molar-refractivity contribution in [1.29, 1.82) is 0 Å². The van der Waals surface area contributed by atoms with Gasteiger partial charge in [-0.2, -0.15) is 0 Å². The van der Waals surface area contributed by atoms with Crippen molar-refractivity contribution >= 4 is 22.7 Å². The van der Waals surface area contributed by atoms with Crippen molar-refractivity contribution < 1.29 is 0 Å². The molecule has 0 spiro atoms. The van der Waals surface area contributed by atoms with Crippen molar-refractivity contribution in [2.75, 3.05) is 13.1 Å². The van der Waals surface area contributed by atoms with E-state index in [1.165, 1.54) is 46.3 Å². The third-order valence-corrected chi connectivity index (χ3v) is 6.00. The largest absolute Gasteiger partial charge is 0.316 e. The molecule has 1 N–H and O–H groups in total. The minimum absolute atomic E-state index is 0.614. The lowest BCUT2D eigenvalue weighted by Gasteiger charge is -2.21. The first-order chi connectivity index (χ1) is 10.3. The van der Waals surface area contributed by atoms with E-state index in [0.29, 0.717) is 5.92 Å². The summed E-state index contributed by atoms with van der Waals surface area (Å²) in [6.45, 7) is 6.47. The number of thiazole rings is 2. The lowest BCUT2D eigenvalue weighted by atomic mass is 9.91. The van der Waals surface area contributed by atoms with Gasteiger partial charge < -0.3 is 5.32 Å². The van der Waals surface area contributed by atoms with Crippen molar-refractivity contribution in [2.45, 2.75) is 51.9 Å². The topological polar surface area (TPSA) is 37.8 Å². The zero-order chi connectivity index (χ0) is 14.7. The zero-order valence-corrected chi connectivity index (χ0v) is 14.4. The molecule has 114 valence electrons. The van der Waals surface area contributed by atoms with E-state index in [4.69, 9.17) is 4.98 Å². The molecule has 1 unspecified atom stereocenters. The van der Waals surface area contributed by atoms with Gasteiger partial charge in [0.2, 0.25) is 0 Å². The summed E-state index contributed by atoms with van der Waals surface area (Å²) in [5, 5.41) is 8.13. The van der Waals surface area contributed by atoms with Crippen LogP contribution in [0.25, 0.3) is 0 Å². The van der Waals surface area contributed by atoms with Crippen LogP contribution in [0.3, 0.4) is 0 Å². The predicted octanol–water partition coefficient (Wildman–Crippen LogP) is 3.92. The smallest absolute Gasteiger partial charge is 0.0999 e. The highest BCUT2D eigenvalue weighted by atomic mass is 32.1. The molecule has 1 atom stereocenters. The van der Waals surface area contributed by atoms with E-state index >= 15 is 0 Å². The van der Waals surface area contributed by atoms with Gasteiger partial charge in [0.15, 0.2) is 0 Å². The lowest BCUT2D eigenvalue weighted by Crippen LogP contribution is -2.24. The molecule has 0 aliphatic heterocycles. The minimum atomic E-state index is 0.614. The molecule has 0 aromatic carbocycles. The summed E-state index contributed by atoms with van der Waals surface area (Å²) < 4.78 is 0. The van der Waals surface area contributed by atoms with Gasteiger partial charge in [-0.25, -0.2) is 9.97 Å². The van der Waals surface area contributed by atoms with Crippen molar-refractivity contribution in [1.82, 2.24) is 15.3 Å². The second kappa shape index (κ2) is 6.99. The van der Waals surface area contributed by atoms with Crippen LogP contribution in [0.5, 0.6) is 0 Å². The fraction of sp³-hybridized carbons (Fsp3) is 0.625. The Labute approximate surface area is 134 Å². The maximum atomic E-state index is 4.96. The quantitative estimate of drug-likeness (QED) is 0.820. The van der Waals surface area contributed by atoms with Crippen molar-refractivity contribution in [3.8, 4) is 0 Å². The number of nitrogens with zero attached hydrogens (tertiary/aromatic N) is 2. The average molecular weight is 322 g/mol. The second-order valence-corrected chi connectivity index (χ2v) is 7.88. The SMILES string of the molecule is CCCNCC1CCCc2sc(Cc3nc(C)cs3)nc21. The first kappa shape index (κ1) is 15.1. The molecule has 0 saturated heterocycles. The summed E-state index contributed by atoms with van der Waals surface area (Å²) >= 11 is 3.66. The van der Waals surface area contributed by atoms with Gasteiger partial charge >= 0.3 is 0 Å². The molecule has 21 heavy (non-hydrogen) atoms. The molecule has 2 aromatic heterocycles. The summed E-state index contributed by atoms with van der Waals surface area (Å²) in [7, 11) is 0. The molecule has 2 aromatic rings. The summed E-state index contributed by atoms with van der Waals surface area (Å²) in [6, 6.07) is 0. The Morgan fingerprint density at radius 3 is 3.00 bits per heavy atom. The van der Waals surface area contributed by atoms with Crippen molar-refractivity contribution in [3.63, 3.8) is 0 Å². The van der Waals surface area contributed by atoms with Crippen LogP contribution in [0.2, 0.25) is 0 Å². The van der Waals surface area contributed by atoms with Crippen molar-refractivity contribution in [2.24, 2.45) is 0 Å². The Morgan fingerprint density at radius 1 is 1.33 bits per heavy atom. The fourth-order valence-corrected chi connectivity index (χ4v) is 4.97. The predicted molar refractivity (Wildman–Crippen MR) is 90.6 cm³/mol. The summed E-state index contributed by atoms with van der Waals surface area (Å²) in [5.74, 6) is 0.614. The number of rotatable bonds is 6. The highest BCUT2D eigenvalue weighted by Gasteiger charge is 2.24.